The predicted molar refractivity (Wildman–Crippen MR) is 185 cm³/mol. The number of ether oxygens (including phenoxy) is 2. The number of benzene rings is 2. The lowest BCUT2D eigenvalue weighted by Crippen LogP contribution is -2.65. The standard InChI is InChI=1S/C38H48BN3O6/c1-8-33(39-47-32-19-24-18-31(37(24,5)6)38(32,7)48-39)41-34(43)29-20-25(22-42(29)35(44)46-36(2,3)4)45-30-21-28(23-14-10-9-11-15-23)40-27-17-13-12-16-26(27)30/h9-17,21,24-25,29,31-33H,8,18-20,22H2,1-7H3,(H,41,43)/t24-,25-,29+,31-,32-,33+,38+/m1/s1. The van der Waals surface area contributed by atoms with Crippen molar-refractivity contribution in [2.75, 3.05) is 6.54 Å². The summed E-state index contributed by atoms with van der Waals surface area (Å²) < 4.78 is 25.7. The van der Waals surface area contributed by atoms with Crippen LogP contribution in [-0.2, 0) is 18.8 Å². The number of pyridine rings is 1. The van der Waals surface area contributed by atoms with Crippen molar-refractivity contribution in [1.82, 2.24) is 15.2 Å². The lowest BCUT2D eigenvalue weighted by Gasteiger charge is -2.64. The number of aromatic nitrogens is 1. The molecule has 5 fully saturated rings. The Labute approximate surface area is 284 Å². The Bertz CT molecular complexity index is 1690. The molecule has 5 aliphatic rings. The van der Waals surface area contributed by atoms with E-state index in [2.05, 4.69) is 26.1 Å². The van der Waals surface area contributed by atoms with Gasteiger partial charge in [-0.15, -0.1) is 0 Å². The first kappa shape index (κ1) is 32.9. The molecular formula is C38H48BN3O6. The van der Waals surface area contributed by atoms with E-state index in [1.807, 2.05) is 88.4 Å². The van der Waals surface area contributed by atoms with Crippen molar-refractivity contribution >= 4 is 30.0 Å². The van der Waals surface area contributed by atoms with Crippen LogP contribution in [0.25, 0.3) is 22.2 Å². The summed E-state index contributed by atoms with van der Waals surface area (Å²) in [4.78, 5) is 34.1. The van der Waals surface area contributed by atoms with Crippen molar-refractivity contribution in [1.29, 1.82) is 0 Å². The van der Waals surface area contributed by atoms with Gasteiger partial charge in [-0.2, -0.15) is 0 Å². The first-order chi connectivity index (χ1) is 22.8. The summed E-state index contributed by atoms with van der Waals surface area (Å²) in [7, 11) is -0.549. The number of hydrogen-bond acceptors (Lipinski definition) is 7. The number of nitrogens with zero attached hydrogens (tertiary/aromatic N) is 2. The Morgan fingerprint density at radius 1 is 1.06 bits per heavy atom. The Balaban J connectivity index is 1.12. The minimum absolute atomic E-state index is 0.0173. The van der Waals surface area contributed by atoms with Crippen LogP contribution >= 0.6 is 0 Å². The van der Waals surface area contributed by atoms with Crippen molar-refractivity contribution in [2.45, 2.75) is 110 Å². The molecule has 1 N–H and O–H groups in total. The number of carbonyl (C=O) groups is 2. The molecule has 3 heterocycles. The number of carbonyl (C=O) groups excluding carboxylic acids is 2. The maximum Gasteiger partial charge on any atom is 0.481 e. The summed E-state index contributed by atoms with van der Waals surface area (Å²) in [6.07, 6.45) is 2.10. The summed E-state index contributed by atoms with van der Waals surface area (Å²) >= 11 is 0. The molecule has 10 heteroatoms. The van der Waals surface area contributed by atoms with Crippen LogP contribution < -0.4 is 10.1 Å². The molecule has 2 aliphatic heterocycles. The summed E-state index contributed by atoms with van der Waals surface area (Å²) in [6, 6.07) is 19.0. The Hall–Kier alpha value is -3.63. The van der Waals surface area contributed by atoms with Crippen LogP contribution in [0.5, 0.6) is 5.75 Å². The molecule has 2 saturated heterocycles. The van der Waals surface area contributed by atoms with Gasteiger partial charge in [-0.3, -0.25) is 9.69 Å². The van der Waals surface area contributed by atoms with Gasteiger partial charge in [-0.25, -0.2) is 9.78 Å². The molecule has 7 atom stereocenters. The largest absolute Gasteiger partial charge is 0.488 e. The van der Waals surface area contributed by atoms with E-state index in [1.54, 1.807) is 0 Å². The smallest absolute Gasteiger partial charge is 0.481 e. The van der Waals surface area contributed by atoms with Gasteiger partial charge in [-0.1, -0.05) is 63.2 Å². The summed E-state index contributed by atoms with van der Waals surface area (Å²) in [6.45, 7) is 14.6. The van der Waals surface area contributed by atoms with E-state index in [4.69, 9.17) is 23.8 Å². The van der Waals surface area contributed by atoms with Gasteiger partial charge >= 0.3 is 13.2 Å². The molecule has 0 spiro atoms. The van der Waals surface area contributed by atoms with Gasteiger partial charge in [0.05, 0.1) is 35.4 Å². The first-order valence-corrected chi connectivity index (χ1v) is 17.5. The molecule has 9 nitrogen and oxygen atoms in total. The number of amides is 2. The molecule has 8 rings (SSSR count). The second-order valence-electron chi connectivity index (χ2n) is 15.9. The monoisotopic (exact) mass is 653 g/mol. The van der Waals surface area contributed by atoms with Crippen LogP contribution in [0, 0.1) is 17.3 Å². The molecular weight excluding hydrogens is 605 g/mol. The summed E-state index contributed by atoms with van der Waals surface area (Å²) in [5.74, 6) is 1.09. The van der Waals surface area contributed by atoms with Crippen molar-refractivity contribution < 1.29 is 28.4 Å². The zero-order chi connectivity index (χ0) is 34.0. The summed E-state index contributed by atoms with van der Waals surface area (Å²) in [5.41, 5.74) is 1.70. The fourth-order valence-electron chi connectivity index (χ4n) is 8.54. The van der Waals surface area contributed by atoms with Gasteiger partial charge in [0.25, 0.3) is 0 Å². The van der Waals surface area contributed by atoms with Crippen LogP contribution in [0.3, 0.4) is 0 Å². The average Bonchev–Trinajstić information content (AvgIpc) is 3.64. The van der Waals surface area contributed by atoms with E-state index in [0.717, 1.165) is 35.0 Å². The fraction of sp³-hybridized carbons (Fsp3) is 0.553. The normalized spacial score (nSPS) is 29.6. The highest BCUT2D eigenvalue weighted by molar-refractivity contribution is 6.47. The van der Waals surface area contributed by atoms with Gasteiger partial charge in [0.2, 0.25) is 5.91 Å². The van der Waals surface area contributed by atoms with Crippen LogP contribution in [-0.4, -0.2) is 70.9 Å². The number of para-hydroxylation sites is 1. The third kappa shape index (κ3) is 5.85. The minimum Gasteiger partial charge on any atom is -0.488 e. The van der Waals surface area contributed by atoms with Crippen LogP contribution in [0.4, 0.5) is 4.79 Å². The molecule has 254 valence electrons. The van der Waals surface area contributed by atoms with E-state index in [9.17, 15) is 9.59 Å². The molecule has 0 unspecified atom stereocenters. The predicted octanol–water partition coefficient (Wildman–Crippen LogP) is 6.82. The van der Waals surface area contributed by atoms with E-state index < -0.39 is 31.0 Å². The topological polar surface area (TPSA) is 99.2 Å². The molecule has 2 bridgehead atoms. The fourth-order valence-corrected chi connectivity index (χ4v) is 8.54. The van der Waals surface area contributed by atoms with Crippen molar-refractivity contribution in [3.63, 3.8) is 0 Å². The Morgan fingerprint density at radius 2 is 1.79 bits per heavy atom. The van der Waals surface area contributed by atoms with E-state index in [-0.39, 0.29) is 35.5 Å². The maximum atomic E-state index is 14.1. The van der Waals surface area contributed by atoms with Gasteiger partial charge < -0.3 is 24.1 Å². The average molecular weight is 654 g/mol. The molecule has 1 aromatic heterocycles. The Kier molecular flexibility index (Phi) is 8.26. The van der Waals surface area contributed by atoms with E-state index in [1.165, 1.54) is 4.90 Å². The molecule has 0 radical (unpaired) electrons. The lowest BCUT2D eigenvalue weighted by molar-refractivity contribution is -0.199. The van der Waals surface area contributed by atoms with Gasteiger partial charge in [0.1, 0.15) is 23.5 Å². The number of rotatable bonds is 7. The van der Waals surface area contributed by atoms with E-state index in [0.29, 0.717) is 30.4 Å². The SMILES string of the molecule is CC[C@H](NC(=O)[C@@H]1C[C@@H](Oc2cc(-c3ccccc3)nc3ccccc23)CN1C(=O)OC(C)(C)C)B1O[C@@H]2C[C@H]3C[C@H](C3(C)C)[C@]2(C)O1. The van der Waals surface area contributed by atoms with Crippen molar-refractivity contribution in [3.05, 3.63) is 60.7 Å². The first-order valence-electron chi connectivity index (χ1n) is 17.5. The molecule has 3 aromatic rings. The van der Waals surface area contributed by atoms with Crippen molar-refractivity contribution in [3.8, 4) is 17.0 Å². The highest BCUT2D eigenvalue weighted by Crippen LogP contribution is 2.65. The molecule has 48 heavy (non-hydrogen) atoms. The number of hydrogen-bond donors (Lipinski definition) is 1. The van der Waals surface area contributed by atoms with Crippen LogP contribution in [0.2, 0.25) is 0 Å². The third-order valence-corrected chi connectivity index (χ3v) is 11.3. The number of likely N-dealkylation sites (tertiary alicyclic amines) is 1. The van der Waals surface area contributed by atoms with Crippen LogP contribution in [0.1, 0.15) is 74.1 Å². The number of fused-ring (bicyclic) bond motifs is 1. The minimum atomic E-state index is -0.786. The van der Waals surface area contributed by atoms with Gasteiger partial charge in [0.15, 0.2) is 0 Å². The number of nitrogens with one attached hydrogen (secondary N) is 1. The quantitative estimate of drug-likeness (QED) is 0.280. The van der Waals surface area contributed by atoms with E-state index >= 15 is 0 Å². The molecule has 2 amide bonds. The second-order valence-corrected chi connectivity index (χ2v) is 15.9. The zero-order valence-electron chi connectivity index (χ0n) is 29.2. The summed E-state index contributed by atoms with van der Waals surface area (Å²) in [5, 5.41) is 4.08. The zero-order valence-corrected chi connectivity index (χ0v) is 29.2. The second kappa shape index (κ2) is 12.1. The molecule has 3 aliphatic carbocycles. The maximum absolute atomic E-state index is 14.1. The Morgan fingerprint density at radius 3 is 2.50 bits per heavy atom. The van der Waals surface area contributed by atoms with Crippen LogP contribution in [0.15, 0.2) is 60.7 Å². The van der Waals surface area contributed by atoms with Gasteiger partial charge in [-0.05, 0) is 76.3 Å². The third-order valence-electron chi connectivity index (χ3n) is 11.3. The molecule has 2 aromatic carbocycles. The van der Waals surface area contributed by atoms with Gasteiger partial charge in [0, 0.05) is 23.4 Å². The highest BCUT2D eigenvalue weighted by Gasteiger charge is 2.68. The van der Waals surface area contributed by atoms with Crippen molar-refractivity contribution in [2.24, 2.45) is 17.3 Å². The lowest BCUT2D eigenvalue weighted by atomic mass is 9.43. The highest BCUT2D eigenvalue weighted by atomic mass is 16.7. The molecule has 3 saturated carbocycles.